The molecule has 1 amide bonds. The molecule has 0 fully saturated rings. The van der Waals surface area contributed by atoms with Crippen LogP contribution in [-0.2, 0) is 0 Å². The van der Waals surface area contributed by atoms with Crippen molar-refractivity contribution in [1.29, 1.82) is 0 Å². The third-order valence-corrected chi connectivity index (χ3v) is 3.34. The maximum Gasteiger partial charge on any atom is 0.258 e. The third-order valence-electron chi connectivity index (χ3n) is 2.70. The van der Waals surface area contributed by atoms with Crippen LogP contribution >= 0.6 is 15.9 Å². The van der Waals surface area contributed by atoms with E-state index in [-0.39, 0.29) is 5.91 Å². The fourth-order valence-electron chi connectivity index (χ4n) is 1.77. The van der Waals surface area contributed by atoms with Crippen LogP contribution in [0.2, 0.25) is 0 Å². The Morgan fingerprint density at radius 2 is 2.21 bits per heavy atom. The molecule has 0 saturated carbocycles. The Bertz CT molecular complexity index is 753. The van der Waals surface area contributed by atoms with Gasteiger partial charge < -0.3 is 5.32 Å². The Hall–Kier alpha value is -2.21. The molecule has 0 aliphatic heterocycles. The predicted molar refractivity (Wildman–Crippen MR) is 76.0 cm³/mol. The smallest absolute Gasteiger partial charge is 0.258 e. The van der Waals surface area contributed by atoms with Crippen molar-refractivity contribution in [2.75, 3.05) is 5.32 Å². The number of hydrogen-bond acceptors (Lipinski definition) is 3. The number of aromatic nitrogens is 3. The highest BCUT2D eigenvalue weighted by Gasteiger charge is 2.10. The highest BCUT2D eigenvalue weighted by molar-refractivity contribution is 9.10. The van der Waals surface area contributed by atoms with Gasteiger partial charge in [0.05, 0.1) is 17.3 Å². The summed E-state index contributed by atoms with van der Waals surface area (Å²) in [4.78, 5) is 16.1. The normalized spacial score (nSPS) is 10.6. The number of hydrogen-bond donors (Lipinski definition) is 2. The van der Waals surface area contributed by atoms with Crippen LogP contribution in [0.15, 0.2) is 47.3 Å². The monoisotopic (exact) mass is 316 g/mol. The maximum atomic E-state index is 12.1. The van der Waals surface area contributed by atoms with E-state index in [0.29, 0.717) is 15.9 Å². The molecular weight excluding hydrogens is 308 g/mol. The summed E-state index contributed by atoms with van der Waals surface area (Å²) in [6, 6.07) is 9.00. The van der Waals surface area contributed by atoms with Gasteiger partial charge in [-0.3, -0.25) is 9.89 Å². The average molecular weight is 317 g/mol. The molecule has 94 valence electrons. The molecule has 0 aliphatic rings. The summed E-state index contributed by atoms with van der Waals surface area (Å²) in [5, 5.41) is 10.6. The minimum atomic E-state index is -0.209. The summed E-state index contributed by atoms with van der Waals surface area (Å²) in [6.07, 6.45) is 3.36. The van der Waals surface area contributed by atoms with Gasteiger partial charge in [0.1, 0.15) is 4.60 Å². The van der Waals surface area contributed by atoms with Gasteiger partial charge in [0, 0.05) is 17.3 Å². The molecule has 3 aromatic rings. The quantitative estimate of drug-likeness (QED) is 0.714. The first-order chi connectivity index (χ1) is 9.24. The number of anilines is 1. The van der Waals surface area contributed by atoms with Gasteiger partial charge in [-0.25, -0.2) is 4.98 Å². The number of nitrogens with zero attached hydrogens (tertiary/aromatic N) is 2. The molecule has 0 spiro atoms. The summed E-state index contributed by atoms with van der Waals surface area (Å²) in [7, 11) is 0. The molecule has 2 aromatic heterocycles. The number of benzene rings is 1. The van der Waals surface area contributed by atoms with Crippen molar-refractivity contribution >= 4 is 38.4 Å². The van der Waals surface area contributed by atoms with E-state index in [2.05, 4.69) is 36.4 Å². The summed E-state index contributed by atoms with van der Waals surface area (Å²) < 4.78 is 0.523. The van der Waals surface area contributed by atoms with Crippen molar-refractivity contribution in [3.05, 3.63) is 52.9 Å². The van der Waals surface area contributed by atoms with Crippen LogP contribution in [0.1, 0.15) is 10.4 Å². The molecule has 2 heterocycles. The largest absolute Gasteiger partial charge is 0.322 e. The molecule has 0 atom stereocenters. The highest BCUT2D eigenvalue weighted by Crippen LogP contribution is 2.19. The van der Waals surface area contributed by atoms with Gasteiger partial charge in [0.25, 0.3) is 5.91 Å². The van der Waals surface area contributed by atoms with E-state index in [1.165, 1.54) is 0 Å². The molecule has 19 heavy (non-hydrogen) atoms. The second-order valence-electron chi connectivity index (χ2n) is 3.97. The van der Waals surface area contributed by atoms with Crippen molar-refractivity contribution in [3.8, 4) is 0 Å². The lowest BCUT2D eigenvalue weighted by atomic mass is 10.2. The van der Waals surface area contributed by atoms with Crippen molar-refractivity contribution in [1.82, 2.24) is 15.2 Å². The minimum Gasteiger partial charge on any atom is -0.322 e. The number of nitrogens with one attached hydrogen (secondary N) is 2. The van der Waals surface area contributed by atoms with E-state index in [0.717, 1.165) is 10.9 Å². The van der Waals surface area contributed by atoms with Crippen molar-refractivity contribution in [3.63, 3.8) is 0 Å². The number of amides is 1. The Kier molecular flexibility index (Phi) is 3.00. The number of halogens is 1. The topological polar surface area (TPSA) is 70.7 Å². The lowest BCUT2D eigenvalue weighted by molar-refractivity contribution is 0.102. The summed E-state index contributed by atoms with van der Waals surface area (Å²) >= 11 is 3.26. The van der Waals surface area contributed by atoms with Crippen LogP contribution < -0.4 is 5.32 Å². The average Bonchev–Trinajstić information content (AvgIpc) is 2.86. The third kappa shape index (κ3) is 2.34. The van der Waals surface area contributed by atoms with E-state index < -0.39 is 0 Å². The van der Waals surface area contributed by atoms with Gasteiger partial charge in [-0.2, -0.15) is 5.10 Å². The standard InChI is InChI=1S/C13H9BrN4O/c14-12-10(2-1-5-15-12)13(19)17-9-4-3-8-7-16-18-11(8)6-9/h1-7H,(H,16,18)(H,17,19). The van der Waals surface area contributed by atoms with Crippen LogP contribution in [0.4, 0.5) is 5.69 Å². The van der Waals surface area contributed by atoms with Gasteiger partial charge in [-0.05, 0) is 46.3 Å². The zero-order chi connectivity index (χ0) is 13.2. The fraction of sp³-hybridized carbons (Fsp3) is 0. The number of carbonyl (C=O) groups is 1. The van der Waals surface area contributed by atoms with E-state index >= 15 is 0 Å². The van der Waals surface area contributed by atoms with Crippen molar-refractivity contribution in [2.45, 2.75) is 0 Å². The first-order valence-corrected chi connectivity index (χ1v) is 6.38. The van der Waals surface area contributed by atoms with Crippen molar-refractivity contribution in [2.24, 2.45) is 0 Å². The Morgan fingerprint density at radius 3 is 3.05 bits per heavy atom. The molecule has 6 heteroatoms. The Labute approximate surface area is 117 Å². The molecule has 3 rings (SSSR count). The lowest BCUT2D eigenvalue weighted by Gasteiger charge is -2.06. The first kappa shape index (κ1) is 11.9. The van der Waals surface area contributed by atoms with E-state index in [4.69, 9.17) is 0 Å². The van der Waals surface area contributed by atoms with Crippen LogP contribution in [0, 0.1) is 0 Å². The van der Waals surface area contributed by atoms with Gasteiger partial charge in [-0.1, -0.05) is 0 Å². The number of H-pyrrole nitrogens is 1. The predicted octanol–water partition coefficient (Wildman–Crippen LogP) is 2.97. The molecule has 0 unspecified atom stereocenters. The van der Waals surface area contributed by atoms with E-state index in [1.54, 1.807) is 24.5 Å². The maximum absolute atomic E-state index is 12.1. The SMILES string of the molecule is O=C(Nc1ccc2cn[nH]c2c1)c1cccnc1Br. The highest BCUT2D eigenvalue weighted by atomic mass is 79.9. The molecule has 0 aliphatic carbocycles. The van der Waals surface area contributed by atoms with Crippen LogP contribution in [0.3, 0.4) is 0 Å². The first-order valence-electron chi connectivity index (χ1n) is 5.59. The summed E-state index contributed by atoms with van der Waals surface area (Å²) in [5.41, 5.74) is 2.08. The van der Waals surface area contributed by atoms with Gasteiger partial charge in [-0.15, -0.1) is 0 Å². The summed E-state index contributed by atoms with van der Waals surface area (Å²) in [6.45, 7) is 0. The van der Waals surface area contributed by atoms with Crippen LogP contribution in [0.25, 0.3) is 10.9 Å². The zero-order valence-electron chi connectivity index (χ0n) is 9.72. The number of pyridine rings is 1. The zero-order valence-corrected chi connectivity index (χ0v) is 11.3. The van der Waals surface area contributed by atoms with E-state index in [9.17, 15) is 4.79 Å². The molecule has 2 N–H and O–H groups in total. The van der Waals surface area contributed by atoms with Gasteiger partial charge in [0.2, 0.25) is 0 Å². The Balaban J connectivity index is 1.88. The second kappa shape index (κ2) is 4.81. The number of carbonyl (C=O) groups excluding carboxylic acids is 1. The second-order valence-corrected chi connectivity index (χ2v) is 4.72. The molecular formula is C13H9BrN4O. The number of aromatic amines is 1. The van der Waals surface area contributed by atoms with Crippen LogP contribution in [-0.4, -0.2) is 21.1 Å². The minimum absolute atomic E-state index is 0.209. The molecule has 0 saturated heterocycles. The molecule has 0 radical (unpaired) electrons. The molecule has 5 nitrogen and oxygen atoms in total. The van der Waals surface area contributed by atoms with Gasteiger partial charge >= 0.3 is 0 Å². The molecule has 1 aromatic carbocycles. The van der Waals surface area contributed by atoms with Gasteiger partial charge in [0.15, 0.2) is 0 Å². The van der Waals surface area contributed by atoms with Crippen molar-refractivity contribution < 1.29 is 4.79 Å². The van der Waals surface area contributed by atoms with E-state index in [1.807, 2.05) is 18.2 Å². The number of fused-ring (bicyclic) bond motifs is 1. The lowest BCUT2D eigenvalue weighted by Crippen LogP contribution is -2.12. The van der Waals surface area contributed by atoms with Crippen LogP contribution in [0.5, 0.6) is 0 Å². The number of rotatable bonds is 2. The summed E-state index contributed by atoms with van der Waals surface area (Å²) in [5.74, 6) is -0.209. The fourth-order valence-corrected chi connectivity index (χ4v) is 2.20. The Morgan fingerprint density at radius 1 is 1.32 bits per heavy atom. The molecule has 0 bridgehead atoms.